The molecule has 0 aromatic carbocycles. The van der Waals surface area contributed by atoms with Crippen LogP contribution in [0.5, 0.6) is 5.88 Å². The largest absolute Gasteiger partial charge is 0.470 e. The molecule has 2 fully saturated rings. The molecule has 2 aromatic rings. The Kier molecular flexibility index (Phi) is 4.22. The molecule has 2 aliphatic rings. The number of aromatic nitrogens is 3. The maximum absolute atomic E-state index is 12.9. The van der Waals surface area contributed by atoms with Gasteiger partial charge in [-0.2, -0.15) is 18.2 Å². The van der Waals surface area contributed by atoms with Gasteiger partial charge < -0.3 is 23.6 Å². The van der Waals surface area contributed by atoms with Crippen molar-refractivity contribution in [1.29, 1.82) is 0 Å². The van der Waals surface area contributed by atoms with Crippen LogP contribution in [0.1, 0.15) is 19.5 Å². The third-order valence-corrected chi connectivity index (χ3v) is 4.31. The Labute approximate surface area is 152 Å². The molecule has 8 nitrogen and oxygen atoms in total. The van der Waals surface area contributed by atoms with Crippen molar-refractivity contribution in [1.82, 2.24) is 15.1 Å². The number of alkyl halides is 3. The summed E-state index contributed by atoms with van der Waals surface area (Å²) in [5.74, 6) is -0.643. The van der Waals surface area contributed by atoms with Gasteiger partial charge in [0.1, 0.15) is 24.0 Å². The van der Waals surface area contributed by atoms with E-state index in [2.05, 4.69) is 15.1 Å². The van der Waals surface area contributed by atoms with E-state index < -0.39 is 29.9 Å². The molecule has 146 valence electrons. The number of piperidine rings is 1. The first-order valence-corrected chi connectivity index (χ1v) is 8.29. The lowest BCUT2D eigenvalue weighted by Crippen LogP contribution is -2.56. The van der Waals surface area contributed by atoms with Crippen LogP contribution in [0.4, 0.5) is 19.1 Å². The molecule has 11 heteroatoms. The van der Waals surface area contributed by atoms with Crippen LogP contribution >= 0.6 is 0 Å². The van der Waals surface area contributed by atoms with E-state index in [0.29, 0.717) is 12.5 Å². The summed E-state index contributed by atoms with van der Waals surface area (Å²) in [7, 11) is 0. The molecule has 0 radical (unpaired) electrons. The normalized spacial score (nSPS) is 27.4. The molecule has 3 atom stereocenters. The van der Waals surface area contributed by atoms with Crippen molar-refractivity contribution < 1.29 is 31.9 Å². The number of nitrogens with zero attached hydrogens (tertiary/aromatic N) is 4. The molecular formula is C16H17F3N4O4. The lowest BCUT2D eigenvalue weighted by Gasteiger charge is -2.37. The van der Waals surface area contributed by atoms with Gasteiger partial charge in [0.15, 0.2) is 5.79 Å². The van der Waals surface area contributed by atoms with E-state index in [1.807, 2.05) is 0 Å². The van der Waals surface area contributed by atoms with Crippen LogP contribution in [0.15, 0.2) is 29.1 Å². The Morgan fingerprint density at radius 1 is 1.22 bits per heavy atom. The molecule has 0 unspecified atom stereocenters. The molecule has 0 spiro atoms. The van der Waals surface area contributed by atoms with Crippen LogP contribution in [0.3, 0.4) is 0 Å². The molecule has 0 bridgehead atoms. The minimum Gasteiger partial charge on any atom is -0.470 e. The SMILES string of the molecule is CC1(C)O[C@@H]2[C@@H](Oc3cccc(C(F)(F)F)n3)CN(c3ncon3)C[C@@H]2O1. The molecule has 2 aromatic heterocycles. The van der Waals surface area contributed by atoms with Crippen molar-refractivity contribution in [2.24, 2.45) is 0 Å². The van der Waals surface area contributed by atoms with Crippen molar-refractivity contribution in [3.63, 3.8) is 0 Å². The van der Waals surface area contributed by atoms with Gasteiger partial charge in [-0.3, -0.25) is 0 Å². The average Bonchev–Trinajstić information content (AvgIpc) is 3.20. The Hall–Kier alpha value is -2.40. The van der Waals surface area contributed by atoms with E-state index in [9.17, 15) is 13.2 Å². The first kappa shape index (κ1) is 18.0. The second kappa shape index (κ2) is 6.34. The van der Waals surface area contributed by atoms with Crippen molar-refractivity contribution in [2.45, 2.75) is 44.1 Å². The Morgan fingerprint density at radius 3 is 2.74 bits per heavy atom. The zero-order valence-corrected chi connectivity index (χ0v) is 14.5. The van der Waals surface area contributed by atoms with Crippen molar-refractivity contribution in [2.75, 3.05) is 18.0 Å². The lowest BCUT2D eigenvalue weighted by molar-refractivity contribution is -0.151. The first-order chi connectivity index (χ1) is 12.7. The number of pyridine rings is 1. The highest BCUT2D eigenvalue weighted by Gasteiger charge is 2.51. The molecule has 0 N–H and O–H groups in total. The number of rotatable bonds is 3. The minimum absolute atomic E-state index is 0.142. The standard InChI is InChI=1S/C16H17F3N4O4/c1-15(2)26-10-7-23(14-20-8-24-22-14)6-9(13(10)27-15)25-12-5-3-4-11(21-12)16(17,18)19/h3-5,8-10,13H,6-7H2,1-2H3/t9-,10-,13+/m0/s1. The van der Waals surface area contributed by atoms with Crippen LogP contribution in [0, 0.1) is 0 Å². The summed E-state index contributed by atoms with van der Waals surface area (Å²) in [6.07, 6.45) is -4.84. The summed E-state index contributed by atoms with van der Waals surface area (Å²) in [6, 6.07) is 3.51. The van der Waals surface area contributed by atoms with E-state index in [0.717, 1.165) is 6.07 Å². The smallest absolute Gasteiger partial charge is 0.433 e. The van der Waals surface area contributed by atoms with Gasteiger partial charge in [-0.25, -0.2) is 4.98 Å². The maximum Gasteiger partial charge on any atom is 0.433 e. The van der Waals surface area contributed by atoms with Gasteiger partial charge in [0.05, 0.1) is 13.1 Å². The van der Waals surface area contributed by atoms with E-state index in [4.69, 9.17) is 18.7 Å². The fourth-order valence-electron chi connectivity index (χ4n) is 3.30. The van der Waals surface area contributed by atoms with Crippen molar-refractivity contribution >= 4 is 5.95 Å². The van der Waals surface area contributed by atoms with Gasteiger partial charge in [-0.05, 0) is 25.1 Å². The highest BCUT2D eigenvalue weighted by atomic mass is 19.4. The van der Waals surface area contributed by atoms with Crippen molar-refractivity contribution in [3.8, 4) is 5.88 Å². The molecule has 2 aliphatic heterocycles. The van der Waals surface area contributed by atoms with Crippen LogP contribution in [0.25, 0.3) is 0 Å². The quantitative estimate of drug-likeness (QED) is 0.795. The number of hydrogen-bond donors (Lipinski definition) is 0. The minimum atomic E-state index is -4.56. The fraction of sp³-hybridized carbons (Fsp3) is 0.562. The van der Waals surface area contributed by atoms with Gasteiger partial charge in [0.25, 0.3) is 5.95 Å². The van der Waals surface area contributed by atoms with Gasteiger partial charge in [0, 0.05) is 6.07 Å². The molecule has 0 saturated carbocycles. The Bertz CT molecular complexity index is 799. The van der Waals surface area contributed by atoms with E-state index >= 15 is 0 Å². The molecule has 0 amide bonds. The highest BCUT2D eigenvalue weighted by molar-refractivity contribution is 5.30. The summed E-state index contributed by atoms with van der Waals surface area (Å²) < 4.78 is 61.1. The number of halogens is 3. The Balaban J connectivity index is 1.59. The molecule has 0 aliphatic carbocycles. The Morgan fingerprint density at radius 2 is 2.04 bits per heavy atom. The van der Waals surface area contributed by atoms with E-state index in [1.54, 1.807) is 18.7 Å². The predicted octanol–water partition coefficient (Wildman–Crippen LogP) is 2.27. The van der Waals surface area contributed by atoms with Gasteiger partial charge in [0.2, 0.25) is 12.3 Å². The van der Waals surface area contributed by atoms with Crippen LogP contribution in [-0.4, -0.2) is 52.3 Å². The zero-order valence-electron chi connectivity index (χ0n) is 14.5. The molecule has 2 saturated heterocycles. The van der Waals surface area contributed by atoms with Crippen LogP contribution < -0.4 is 9.64 Å². The summed E-state index contributed by atoms with van der Waals surface area (Å²) in [6.45, 7) is 4.24. The van der Waals surface area contributed by atoms with Crippen molar-refractivity contribution in [3.05, 3.63) is 30.3 Å². The van der Waals surface area contributed by atoms with E-state index in [-0.39, 0.29) is 18.5 Å². The average molecular weight is 386 g/mol. The second-order valence-electron chi connectivity index (χ2n) is 6.79. The lowest BCUT2D eigenvalue weighted by atomic mass is 10.0. The topological polar surface area (TPSA) is 82.7 Å². The maximum atomic E-state index is 12.9. The predicted molar refractivity (Wildman–Crippen MR) is 84.0 cm³/mol. The summed E-state index contributed by atoms with van der Waals surface area (Å²) in [4.78, 5) is 9.35. The first-order valence-electron chi connectivity index (χ1n) is 8.29. The third-order valence-electron chi connectivity index (χ3n) is 4.31. The van der Waals surface area contributed by atoms with Crippen LogP contribution in [-0.2, 0) is 15.7 Å². The highest BCUT2D eigenvalue weighted by Crippen LogP contribution is 2.36. The van der Waals surface area contributed by atoms with Gasteiger partial charge in [-0.1, -0.05) is 6.07 Å². The summed E-state index contributed by atoms with van der Waals surface area (Å²) in [5.41, 5.74) is -1.02. The number of fused-ring (bicyclic) bond motifs is 1. The zero-order chi connectivity index (χ0) is 19.2. The fourth-order valence-corrected chi connectivity index (χ4v) is 3.30. The number of hydrogen-bond acceptors (Lipinski definition) is 8. The molecule has 4 heterocycles. The van der Waals surface area contributed by atoms with Gasteiger partial charge >= 0.3 is 6.18 Å². The summed E-state index contributed by atoms with van der Waals surface area (Å²) >= 11 is 0. The van der Waals surface area contributed by atoms with E-state index in [1.165, 1.54) is 18.5 Å². The molecule has 27 heavy (non-hydrogen) atoms. The third kappa shape index (κ3) is 3.69. The monoisotopic (exact) mass is 386 g/mol. The summed E-state index contributed by atoms with van der Waals surface area (Å²) in [5, 5.41) is 3.80. The van der Waals surface area contributed by atoms with Gasteiger partial charge in [-0.15, -0.1) is 0 Å². The molecule has 4 rings (SSSR count). The molecular weight excluding hydrogens is 369 g/mol. The van der Waals surface area contributed by atoms with Crippen LogP contribution in [0.2, 0.25) is 0 Å². The number of ether oxygens (including phenoxy) is 3. The number of anilines is 1. The second-order valence-corrected chi connectivity index (χ2v) is 6.79.